The first-order valence-corrected chi connectivity index (χ1v) is 7.16. The van der Waals surface area contributed by atoms with Gasteiger partial charge in [-0.15, -0.1) is 11.3 Å². The predicted octanol–water partition coefficient (Wildman–Crippen LogP) is 1.55. The molecule has 0 radical (unpaired) electrons. The van der Waals surface area contributed by atoms with Crippen LogP contribution in [-0.2, 0) is 4.79 Å². The number of nitrogens with zero attached hydrogens (tertiary/aromatic N) is 2. The summed E-state index contributed by atoms with van der Waals surface area (Å²) < 4.78 is 0. The summed E-state index contributed by atoms with van der Waals surface area (Å²) in [5.74, 6) is 0.0266. The van der Waals surface area contributed by atoms with E-state index in [1.807, 2.05) is 43.4 Å². The van der Waals surface area contributed by atoms with Crippen molar-refractivity contribution in [2.75, 3.05) is 33.7 Å². The number of carbonyl (C=O) groups excluding carboxylic acids is 1. The summed E-state index contributed by atoms with van der Waals surface area (Å²) in [5, 5.41) is 1.95. The molecule has 0 fully saturated rings. The van der Waals surface area contributed by atoms with Gasteiger partial charge in [0.1, 0.15) is 6.04 Å². The van der Waals surface area contributed by atoms with Crippen LogP contribution < -0.4 is 5.73 Å². The van der Waals surface area contributed by atoms with Crippen molar-refractivity contribution >= 4 is 17.2 Å². The quantitative estimate of drug-likeness (QED) is 0.817. The standard InChI is InChI=1S/C13H23N3OS/c1-4-16(9-6-8-15(2)3)13(17)12(14)11-7-5-10-18-11/h5,7,10,12H,4,6,8-9,14H2,1-3H3. The van der Waals surface area contributed by atoms with Gasteiger partial charge in [0.2, 0.25) is 5.91 Å². The van der Waals surface area contributed by atoms with E-state index in [1.54, 1.807) is 0 Å². The monoisotopic (exact) mass is 269 g/mol. The van der Waals surface area contributed by atoms with Crippen molar-refractivity contribution in [1.82, 2.24) is 9.80 Å². The number of nitrogens with two attached hydrogens (primary N) is 1. The number of hydrogen-bond donors (Lipinski definition) is 1. The summed E-state index contributed by atoms with van der Waals surface area (Å²) in [7, 11) is 4.07. The van der Waals surface area contributed by atoms with Crippen molar-refractivity contribution in [1.29, 1.82) is 0 Å². The van der Waals surface area contributed by atoms with Crippen LogP contribution in [0.15, 0.2) is 17.5 Å². The Labute approximate surface area is 113 Å². The molecule has 2 N–H and O–H groups in total. The number of thiophene rings is 1. The molecule has 1 amide bonds. The number of amides is 1. The Morgan fingerprint density at radius 3 is 2.67 bits per heavy atom. The molecule has 0 aliphatic carbocycles. The summed E-state index contributed by atoms with van der Waals surface area (Å²) in [5.41, 5.74) is 6.00. The van der Waals surface area contributed by atoms with Crippen LogP contribution in [0, 0.1) is 0 Å². The van der Waals surface area contributed by atoms with Crippen molar-refractivity contribution in [3.63, 3.8) is 0 Å². The van der Waals surface area contributed by atoms with Crippen LogP contribution >= 0.6 is 11.3 Å². The Balaban J connectivity index is 2.51. The Kier molecular flexibility index (Phi) is 6.32. The molecular formula is C13H23N3OS. The normalized spacial score (nSPS) is 12.7. The van der Waals surface area contributed by atoms with Gasteiger partial charge in [0.15, 0.2) is 0 Å². The highest BCUT2D eigenvalue weighted by molar-refractivity contribution is 7.10. The number of hydrogen-bond acceptors (Lipinski definition) is 4. The third kappa shape index (κ3) is 4.40. The first kappa shape index (κ1) is 15.1. The van der Waals surface area contributed by atoms with Gasteiger partial charge in [0.25, 0.3) is 0 Å². The molecule has 1 atom stereocenters. The molecule has 1 aromatic rings. The molecule has 18 heavy (non-hydrogen) atoms. The Bertz CT molecular complexity index is 351. The van der Waals surface area contributed by atoms with Gasteiger partial charge in [-0.1, -0.05) is 6.07 Å². The van der Waals surface area contributed by atoms with Crippen LogP contribution in [-0.4, -0.2) is 49.4 Å². The zero-order valence-corrected chi connectivity index (χ0v) is 12.2. The Morgan fingerprint density at radius 1 is 1.44 bits per heavy atom. The zero-order valence-electron chi connectivity index (χ0n) is 11.4. The highest BCUT2D eigenvalue weighted by Gasteiger charge is 2.21. The summed E-state index contributed by atoms with van der Waals surface area (Å²) in [6.45, 7) is 4.46. The van der Waals surface area contributed by atoms with Gasteiger partial charge >= 0.3 is 0 Å². The van der Waals surface area contributed by atoms with Crippen LogP contribution in [0.2, 0.25) is 0 Å². The van der Waals surface area contributed by atoms with Crippen LogP contribution in [0.25, 0.3) is 0 Å². The van der Waals surface area contributed by atoms with Gasteiger partial charge in [-0.25, -0.2) is 0 Å². The van der Waals surface area contributed by atoms with Crippen LogP contribution in [0.4, 0.5) is 0 Å². The smallest absolute Gasteiger partial charge is 0.244 e. The molecule has 5 heteroatoms. The number of rotatable bonds is 7. The molecule has 0 saturated carbocycles. The molecule has 1 heterocycles. The molecular weight excluding hydrogens is 246 g/mol. The van der Waals surface area contributed by atoms with Gasteiger partial charge < -0.3 is 15.5 Å². The molecule has 1 rings (SSSR count). The maximum Gasteiger partial charge on any atom is 0.244 e. The van der Waals surface area contributed by atoms with E-state index in [1.165, 1.54) is 11.3 Å². The first-order chi connectivity index (χ1) is 8.56. The highest BCUT2D eigenvalue weighted by Crippen LogP contribution is 2.18. The first-order valence-electron chi connectivity index (χ1n) is 6.28. The lowest BCUT2D eigenvalue weighted by atomic mass is 10.2. The lowest BCUT2D eigenvalue weighted by molar-refractivity contribution is -0.132. The minimum atomic E-state index is -0.510. The van der Waals surface area contributed by atoms with Gasteiger partial charge in [-0.05, 0) is 45.4 Å². The second kappa shape index (κ2) is 7.51. The van der Waals surface area contributed by atoms with Crippen molar-refractivity contribution in [3.05, 3.63) is 22.4 Å². The number of carbonyl (C=O) groups is 1. The minimum Gasteiger partial charge on any atom is -0.341 e. The summed E-state index contributed by atoms with van der Waals surface area (Å²) in [6.07, 6.45) is 0.976. The van der Waals surface area contributed by atoms with E-state index >= 15 is 0 Å². The van der Waals surface area contributed by atoms with Crippen molar-refractivity contribution in [2.45, 2.75) is 19.4 Å². The van der Waals surface area contributed by atoms with E-state index in [4.69, 9.17) is 5.73 Å². The third-order valence-corrected chi connectivity index (χ3v) is 3.80. The fraction of sp³-hybridized carbons (Fsp3) is 0.615. The molecule has 0 aliphatic rings. The second-order valence-corrected chi connectivity index (χ2v) is 5.55. The molecule has 0 aromatic carbocycles. The lowest BCUT2D eigenvalue weighted by Gasteiger charge is -2.24. The molecule has 0 saturated heterocycles. The Hall–Kier alpha value is -0.910. The van der Waals surface area contributed by atoms with E-state index in [2.05, 4.69) is 4.90 Å². The SMILES string of the molecule is CCN(CCCN(C)C)C(=O)C(N)c1cccs1. The molecule has 1 unspecified atom stereocenters. The summed E-state index contributed by atoms with van der Waals surface area (Å²) in [4.78, 5) is 17.1. The van der Waals surface area contributed by atoms with E-state index in [-0.39, 0.29) is 5.91 Å². The largest absolute Gasteiger partial charge is 0.341 e. The highest BCUT2D eigenvalue weighted by atomic mass is 32.1. The van der Waals surface area contributed by atoms with Gasteiger partial charge in [0, 0.05) is 18.0 Å². The summed E-state index contributed by atoms with van der Waals surface area (Å²) in [6, 6.07) is 3.33. The lowest BCUT2D eigenvalue weighted by Crippen LogP contribution is -2.39. The van der Waals surface area contributed by atoms with Crippen molar-refractivity contribution < 1.29 is 4.79 Å². The molecule has 1 aromatic heterocycles. The van der Waals surface area contributed by atoms with Crippen LogP contribution in [0.5, 0.6) is 0 Å². The van der Waals surface area contributed by atoms with E-state index in [0.717, 1.165) is 24.4 Å². The van der Waals surface area contributed by atoms with Gasteiger partial charge in [-0.3, -0.25) is 4.79 Å². The van der Waals surface area contributed by atoms with E-state index in [9.17, 15) is 4.79 Å². The molecule has 0 aliphatic heterocycles. The molecule has 4 nitrogen and oxygen atoms in total. The number of likely N-dealkylation sites (N-methyl/N-ethyl adjacent to an activating group) is 1. The molecule has 102 valence electrons. The van der Waals surface area contributed by atoms with E-state index in [0.29, 0.717) is 6.54 Å². The van der Waals surface area contributed by atoms with Crippen molar-refractivity contribution in [2.24, 2.45) is 5.73 Å². The molecule has 0 spiro atoms. The Morgan fingerprint density at radius 2 is 2.17 bits per heavy atom. The van der Waals surface area contributed by atoms with Gasteiger partial charge in [-0.2, -0.15) is 0 Å². The molecule has 0 bridgehead atoms. The fourth-order valence-corrected chi connectivity index (χ4v) is 2.51. The summed E-state index contributed by atoms with van der Waals surface area (Å²) >= 11 is 1.54. The second-order valence-electron chi connectivity index (χ2n) is 4.57. The maximum atomic E-state index is 12.2. The zero-order chi connectivity index (χ0) is 13.5. The van der Waals surface area contributed by atoms with Crippen molar-refractivity contribution in [3.8, 4) is 0 Å². The third-order valence-electron chi connectivity index (χ3n) is 2.84. The minimum absolute atomic E-state index is 0.0266. The fourth-order valence-electron chi connectivity index (χ4n) is 1.79. The average Bonchev–Trinajstić information content (AvgIpc) is 2.86. The van der Waals surface area contributed by atoms with Crippen LogP contribution in [0.1, 0.15) is 24.3 Å². The average molecular weight is 269 g/mol. The van der Waals surface area contributed by atoms with E-state index < -0.39 is 6.04 Å². The van der Waals surface area contributed by atoms with Gasteiger partial charge in [0.05, 0.1) is 0 Å². The predicted molar refractivity (Wildman–Crippen MR) is 76.7 cm³/mol. The topological polar surface area (TPSA) is 49.6 Å². The maximum absolute atomic E-state index is 12.2. The van der Waals surface area contributed by atoms with Crippen LogP contribution in [0.3, 0.4) is 0 Å².